The summed E-state index contributed by atoms with van der Waals surface area (Å²) in [5.41, 5.74) is 2.48. The molecule has 6 heteroatoms. The minimum Gasteiger partial charge on any atom is -1.00 e. The van der Waals surface area contributed by atoms with E-state index in [4.69, 9.17) is 11.6 Å². The first-order valence-electron chi connectivity index (χ1n) is 7.62. The van der Waals surface area contributed by atoms with E-state index in [-0.39, 0.29) is 24.0 Å². The molecule has 1 fully saturated rings. The SMILES string of the molecule is Clc1ccccc1C[N+](Cc1ccccc1)=C1NCC(CI)S1.[I-]. The van der Waals surface area contributed by atoms with Crippen LogP contribution in [0.3, 0.4) is 0 Å². The lowest BCUT2D eigenvalue weighted by atomic mass is 10.2. The number of amidine groups is 1. The first-order chi connectivity index (χ1) is 11.3. The monoisotopic (exact) mass is 584 g/mol. The largest absolute Gasteiger partial charge is 1.00 e. The Bertz CT molecular complexity index is 694. The van der Waals surface area contributed by atoms with E-state index in [9.17, 15) is 0 Å². The van der Waals surface area contributed by atoms with Gasteiger partial charge in [-0.25, -0.2) is 4.58 Å². The molecule has 0 saturated carbocycles. The summed E-state index contributed by atoms with van der Waals surface area (Å²) < 4.78 is 3.55. The lowest BCUT2D eigenvalue weighted by Gasteiger charge is -2.11. The van der Waals surface area contributed by atoms with Crippen LogP contribution in [-0.4, -0.2) is 26.0 Å². The molecule has 2 nitrogen and oxygen atoms in total. The fraction of sp³-hybridized carbons (Fsp3) is 0.278. The molecule has 1 aliphatic heterocycles. The quantitative estimate of drug-likeness (QED) is 0.326. The van der Waals surface area contributed by atoms with E-state index < -0.39 is 0 Å². The van der Waals surface area contributed by atoms with Crippen LogP contribution in [-0.2, 0) is 13.1 Å². The predicted octanol–water partition coefficient (Wildman–Crippen LogP) is 1.55. The molecule has 0 radical (unpaired) electrons. The van der Waals surface area contributed by atoms with Gasteiger partial charge in [0.1, 0.15) is 13.1 Å². The maximum absolute atomic E-state index is 6.37. The van der Waals surface area contributed by atoms with Crippen LogP contribution in [0.25, 0.3) is 0 Å². The molecule has 1 heterocycles. The number of benzene rings is 2. The third-order valence-electron chi connectivity index (χ3n) is 3.75. The van der Waals surface area contributed by atoms with Gasteiger partial charge in [-0.2, -0.15) is 0 Å². The van der Waals surface area contributed by atoms with Gasteiger partial charge >= 0.3 is 5.17 Å². The van der Waals surface area contributed by atoms with Crippen LogP contribution in [0, 0.1) is 0 Å². The average molecular weight is 585 g/mol. The van der Waals surface area contributed by atoms with Crippen LogP contribution in [0.4, 0.5) is 0 Å². The molecule has 128 valence electrons. The van der Waals surface area contributed by atoms with Crippen molar-refractivity contribution >= 4 is 51.1 Å². The summed E-state index contributed by atoms with van der Waals surface area (Å²) in [6, 6.07) is 18.7. The van der Waals surface area contributed by atoms with Crippen molar-refractivity contribution in [2.24, 2.45) is 0 Å². The van der Waals surface area contributed by atoms with Gasteiger partial charge in [0.2, 0.25) is 0 Å². The summed E-state index contributed by atoms with van der Waals surface area (Å²) in [6.07, 6.45) is 0. The highest BCUT2D eigenvalue weighted by atomic mass is 127. The van der Waals surface area contributed by atoms with Crippen LogP contribution in [0.15, 0.2) is 54.6 Å². The number of halogens is 3. The maximum Gasteiger partial charge on any atom is 0.307 e. The van der Waals surface area contributed by atoms with Gasteiger partial charge in [0.25, 0.3) is 0 Å². The second kappa shape index (κ2) is 10.2. The van der Waals surface area contributed by atoms with Gasteiger partial charge < -0.3 is 24.0 Å². The Hall–Kier alpha value is 0.0100. The molecule has 1 N–H and O–H groups in total. The summed E-state index contributed by atoms with van der Waals surface area (Å²) in [6.45, 7) is 2.74. The second-order valence-electron chi connectivity index (χ2n) is 5.51. The first kappa shape index (κ1) is 20.3. The van der Waals surface area contributed by atoms with Gasteiger partial charge in [0, 0.05) is 15.0 Å². The van der Waals surface area contributed by atoms with Gasteiger partial charge in [-0.05, 0) is 23.4 Å². The fourth-order valence-electron chi connectivity index (χ4n) is 2.55. The Kier molecular flexibility index (Phi) is 8.66. The summed E-state index contributed by atoms with van der Waals surface area (Å²) in [4.78, 5) is 0. The number of thioether (sulfide) groups is 1. The Labute approximate surface area is 183 Å². The molecule has 0 bridgehead atoms. The number of rotatable bonds is 5. The highest BCUT2D eigenvalue weighted by Gasteiger charge is 2.28. The van der Waals surface area contributed by atoms with Crippen molar-refractivity contribution in [3.63, 3.8) is 0 Å². The van der Waals surface area contributed by atoms with E-state index in [0.29, 0.717) is 5.25 Å². The van der Waals surface area contributed by atoms with E-state index in [1.165, 1.54) is 10.7 Å². The van der Waals surface area contributed by atoms with Crippen molar-refractivity contribution < 1.29 is 28.6 Å². The molecule has 0 amide bonds. The molecule has 1 unspecified atom stereocenters. The second-order valence-corrected chi connectivity index (χ2v) is 8.09. The van der Waals surface area contributed by atoms with Crippen LogP contribution in [0.1, 0.15) is 11.1 Å². The molecule has 0 spiro atoms. The third-order valence-corrected chi connectivity index (χ3v) is 7.08. The van der Waals surface area contributed by atoms with Crippen molar-refractivity contribution in [3.05, 3.63) is 70.7 Å². The molecule has 1 saturated heterocycles. The highest BCUT2D eigenvalue weighted by Crippen LogP contribution is 2.23. The lowest BCUT2D eigenvalue weighted by Crippen LogP contribution is -3.00. The van der Waals surface area contributed by atoms with E-state index in [1.807, 2.05) is 23.9 Å². The number of alkyl halides is 1. The highest BCUT2D eigenvalue weighted by molar-refractivity contribution is 14.1. The number of nitrogens with zero attached hydrogens (tertiary/aromatic N) is 1. The first-order valence-corrected chi connectivity index (χ1v) is 10.4. The number of hydrogen-bond acceptors (Lipinski definition) is 1. The minimum absolute atomic E-state index is 0. The van der Waals surface area contributed by atoms with Crippen molar-refractivity contribution in [3.8, 4) is 0 Å². The topological polar surface area (TPSA) is 15.0 Å². The zero-order valence-electron chi connectivity index (χ0n) is 13.1. The normalized spacial score (nSPS) is 18.7. The van der Waals surface area contributed by atoms with E-state index in [0.717, 1.165) is 34.6 Å². The zero-order chi connectivity index (χ0) is 16.1. The van der Waals surface area contributed by atoms with Crippen molar-refractivity contribution in [2.45, 2.75) is 18.3 Å². The van der Waals surface area contributed by atoms with E-state index in [1.54, 1.807) is 0 Å². The smallest absolute Gasteiger partial charge is 0.307 e. The molecule has 3 rings (SSSR count). The van der Waals surface area contributed by atoms with Crippen LogP contribution in [0.2, 0.25) is 5.02 Å². The molecule has 2 aromatic carbocycles. The number of hydrogen-bond donors (Lipinski definition) is 1. The third kappa shape index (κ3) is 5.51. The van der Waals surface area contributed by atoms with E-state index >= 15 is 0 Å². The Morgan fingerprint density at radius 2 is 1.79 bits per heavy atom. The maximum atomic E-state index is 6.37. The Morgan fingerprint density at radius 1 is 1.08 bits per heavy atom. The van der Waals surface area contributed by atoms with Crippen molar-refractivity contribution in [1.29, 1.82) is 0 Å². The lowest BCUT2D eigenvalue weighted by molar-refractivity contribution is -0.558. The molecule has 24 heavy (non-hydrogen) atoms. The average Bonchev–Trinajstić information content (AvgIpc) is 3.06. The molecule has 2 aromatic rings. The molecular formula is C18H19ClI2N2S. The van der Waals surface area contributed by atoms with Gasteiger partial charge in [-0.15, -0.1) is 0 Å². The van der Waals surface area contributed by atoms with Crippen LogP contribution < -0.4 is 29.3 Å². The summed E-state index contributed by atoms with van der Waals surface area (Å²) >= 11 is 10.8. The van der Waals surface area contributed by atoms with Gasteiger partial charge in [0.05, 0.1) is 11.8 Å². The molecule has 0 aromatic heterocycles. The zero-order valence-corrected chi connectivity index (χ0v) is 19.0. The summed E-state index contributed by atoms with van der Waals surface area (Å²) in [5.74, 6) is 0. The van der Waals surface area contributed by atoms with Gasteiger partial charge in [-0.1, -0.05) is 82.7 Å². The Morgan fingerprint density at radius 3 is 2.46 bits per heavy atom. The minimum atomic E-state index is 0. The molecular weight excluding hydrogens is 566 g/mol. The summed E-state index contributed by atoms with van der Waals surface area (Å²) in [7, 11) is 0. The summed E-state index contributed by atoms with van der Waals surface area (Å²) in [5, 5.41) is 6.32. The number of nitrogens with one attached hydrogen (secondary N) is 1. The standard InChI is InChI=1S/C18H18ClIN2S.HI/c19-17-9-5-4-8-15(17)13-22(12-14-6-2-1-3-7-14)18-21-11-16(10-20)23-18;/h1-9,16H,10-13H2;1H. The van der Waals surface area contributed by atoms with Gasteiger partial charge in [-0.3, -0.25) is 5.32 Å². The fourth-order valence-corrected chi connectivity index (χ4v) is 4.59. The van der Waals surface area contributed by atoms with Crippen LogP contribution >= 0.6 is 46.0 Å². The van der Waals surface area contributed by atoms with Gasteiger partial charge in [0.15, 0.2) is 0 Å². The van der Waals surface area contributed by atoms with Crippen molar-refractivity contribution in [2.75, 3.05) is 11.0 Å². The Balaban J connectivity index is 0.00000208. The van der Waals surface area contributed by atoms with Crippen LogP contribution in [0.5, 0.6) is 0 Å². The molecule has 0 aliphatic carbocycles. The van der Waals surface area contributed by atoms with Crippen molar-refractivity contribution in [1.82, 2.24) is 5.32 Å². The molecule has 1 aliphatic rings. The molecule has 1 atom stereocenters. The predicted molar refractivity (Wildman–Crippen MR) is 109 cm³/mol. The van der Waals surface area contributed by atoms with E-state index in [2.05, 4.69) is 74.9 Å².